The van der Waals surface area contributed by atoms with Gasteiger partial charge in [-0.3, -0.25) is 10.1 Å². The number of rotatable bonds is 6. The zero-order chi connectivity index (χ0) is 14.4. The van der Waals surface area contributed by atoms with E-state index >= 15 is 0 Å². The average Bonchev–Trinajstić information content (AvgIpc) is 2.46. The van der Waals surface area contributed by atoms with Crippen molar-refractivity contribution in [2.75, 3.05) is 19.8 Å². The van der Waals surface area contributed by atoms with Crippen LogP contribution < -0.4 is 10.6 Å². The minimum absolute atomic E-state index is 0.173. The van der Waals surface area contributed by atoms with E-state index in [9.17, 15) is 10.1 Å². The second-order valence-corrected chi connectivity index (χ2v) is 5.13. The standard InChI is InChI=1S/C14H21N3O3/c1-11(8-13-10-20-7-6-15-13)16-9-12-4-2-3-5-14(12)17(18)19/h2-5,11,13,15-16H,6-10H2,1H3. The van der Waals surface area contributed by atoms with Gasteiger partial charge in [0.25, 0.3) is 5.69 Å². The van der Waals surface area contributed by atoms with Gasteiger partial charge in [0.15, 0.2) is 0 Å². The van der Waals surface area contributed by atoms with E-state index in [2.05, 4.69) is 17.6 Å². The van der Waals surface area contributed by atoms with Gasteiger partial charge in [-0.25, -0.2) is 0 Å². The van der Waals surface area contributed by atoms with E-state index in [0.29, 0.717) is 12.6 Å². The molecule has 0 bridgehead atoms. The zero-order valence-electron chi connectivity index (χ0n) is 11.7. The molecule has 110 valence electrons. The molecule has 1 aromatic rings. The number of nitrogens with one attached hydrogen (secondary N) is 2. The number of benzene rings is 1. The Labute approximate surface area is 118 Å². The Balaban J connectivity index is 1.83. The minimum atomic E-state index is -0.335. The molecule has 0 aromatic heterocycles. The summed E-state index contributed by atoms with van der Waals surface area (Å²) in [5.74, 6) is 0. The molecule has 1 aliphatic rings. The van der Waals surface area contributed by atoms with Crippen LogP contribution in [0.3, 0.4) is 0 Å². The molecular weight excluding hydrogens is 258 g/mol. The Morgan fingerprint density at radius 2 is 2.35 bits per heavy atom. The van der Waals surface area contributed by atoms with Crippen molar-refractivity contribution < 1.29 is 9.66 Å². The molecular formula is C14H21N3O3. The maximum Gasteiger partial charge on any atom is 0.273 e. The van der Waals surface area contributed by atoms with Gasteiger partial charge in [0.05, 0.1) is 18.1 Å². The molecule has 0 saturated carbocycles. The van der Waals surface area contributed by atoms with Gasteiger partial charge >= 0.3 is 0 Å². The lowest BCUT2D eigenvalue weighted by molar-refractivity contribution is -0.385. The molecule has 0 spiro atoms. The smallest absolute Gasteiger partial charge is 0.273 e. The van der Waals surface area contributed by atoms with Crippen LogP contribution in [-0.2, 0) is 11.3 Å². The molecule has 2 N–H and O–H groups in total. The molecule has 1 saturated heterocycles. The maximum atomic E-state index is 10.9. The van der Waals surface area contributed by atoms with Crippen molar-refractivity contribution in [2.24, 2.45) is 0 Å². The highest BCUT2D eigenvalue weighted by Gasteiger charge is 2.17. The number of ether oxygens (including phenoxy) is 1. The third kappa shape index (κ3) is 4.26. The third-order valence-corrected chi connectivity index (χ3v) is 3.47. The van der Waals surface area contributed by atoms with Gasteiger partial charge in [-0.2, -0.15) is 0 Å². The lowest BCUT2D eigenvalue weighted by Crippen LogP contribution is -2.44. The summed E-state index contributed by atoms with van der Waals surface area (Å²) >= 11 is 0. The topological polar surface area (TPSA) is 76.4 Å². The molecule has 0 radical (unpaired) electrons. The number of nitro benzene ring substituents is 1. The van der Waals surface area contributed by atoms with Gasteiger partial charge in [-0.1, -0.05) is 18.2 Å². The first-order valence-corrected chi connectivity index (χ1v) is 6.93. The summed E-state index contributed by atoms with van der Waals surface area (Å²) < 4.78 is 5.42. The van der Waals surface area contributed by atoms with Crippen molar-refractivity contribution in [3.05, 3.63) is 39.9 Å². The molecule has 6 nitrogen and oxygen atoms in total. The van der Waals surface area contributed by atoms with Crippen molar-refractivity contribution in [1.29, 1.82) is 0 Å². The molecule has 2 rings (SSSR count). The highest BCUT2D eigenvalue weighted by atomic mass is 16.6. The summed E-state index contributed by atoms with van der Waals surface area (Å²) in [6.45, 7) is 4.99. The molecule has 1 aromatic carbocycles. The number of morpholine rings is 1. The first kappa shape index (κ1) is 14.9. The van der Waals surface area contributed by atoms with E-state index in [0.717, 1.165) is 31.7 Å². The Bertz CT molecular complexity index is 447. The van der Waals surface area contributed by atoms with Crippen LogP contribution in [0, 0.1) is 10.1 Å². The second-order valence-electron chi connectivity index (χ2n) is 5.13. The minimum Gasteiger partial charge on any atom is -0.379 e. The molecule has 20 heavy (non-hydrogen) atoms. The Morgan fingerprint density at radius 1 is 1.55 bits per heavy atom. The Morgan fingerprint density at radius 3 is 3.05 bits per heavy atom. The van der Waals surface area contributed by atoms with E-state index in [1.807, 2.05) is 6.07 Å². The summed E-state index contributed by atoms with van der Waals surface area (Å²) in [5.41, 5.74) is 0.892. The normalized spacial score (nSPS) is 20.6. The predicted octanol–water partition coefficient (Wildman–Crippen LogP) is 1.45. The van der Waals surface area contributed by atoms with Crippen molar-refractivity contribution in [2.45, 2.75) is 32.0 Å². The van der Waals surface area contributed by atoms with Crippen molar-refractivity contribution >= 4 is 5.69 Å². The lowest BCUT2D eigenvalue weighted by Gasteiger charge is -2.26. The number of hydrogen-bond acceptors (Lipinski definition) is 5. The summed E-state index contributed by atoms with van der Waals surface area (Å²) in [6, 6.07) is 7.48. The molecule has 1 aliphatic heterocycles. The van der Waals surface area contributed by atoms with E-state index < -0.39 is 0 Å². The quantitative estimate of drug-likeness (QED) is 0.609. The van der Waals surface area contributed by atoms with E-state index in [1.165, 1.54) is 6.07 Å². The van der Waals surface area contributed by atoms with Gasteiger partial charge in [0.1, 0.15) is 0 Å². The van der Waals surface area contributed by atoms with Gasteiger partial charge in [-0.15, -0.1) is 0 Å². The molecule has 1 fully saturated rings. The van der Waals surface area contributed by atoms with Crippen LogP contribution in [0.15, 0.2) is 24.3 Å². The van der Waals surface area contributed by atoms with Crippen LogP contribution in [-0.4, -0.2) is 36.8 Å². The predicted molar refractivity (Wildman–Crippen MR) is 76.6 cm³/mol. The zero-order valence-corrected chi connectivity index (χ0v) is 11.7. The van der Waals surface area contributed by atoms with Crippen LogP contribution >= 0.6 is 0 Å². The number of nitro groups is 1. The van der Waals surface area contributed by atoms with Gasteiger partial charge in [-0.05, 0) is 13.3 Å². The lowest BCUT2D eigenvalue weighted by atomic mass is 10.1. The first-order valence-electron chi connectivity index (χ1n) is 6.93. The monoisotopic (exact) mass is 279 g/mol. The fourth-order valence-corrected chi connectivity index (χ4v) is 2.40. The first-order chi connectivity index (χ1) is 9.66. The summed E-state index contributed by atoms with van der Waals surface area (Å²) in [7, 11) is 0. The Kier molecular flexibility index (Phi) is 5.46. The van der Waals surface area contributed by atoms with Crippen LogP contribution in [0.4, 0.5) is 5.69 Å². The maximum absolute atomic E-state index is 10.9. The summed E-state index contributed by atoms with van der Waals surface area (Å²) in [6.07, 6.45) is 0.945. The Hall–Kier alpha value is -1.50. The van der Waals surface area contributed by atoms with Crippen LogP contribution in [0.1, 0.15) is 18.9 Å². The highest BCUT2D eigenvalue weighted by molar-refractivity contribution is 5.39. The molecule has 2 atom stereocenters. The fourth-order valence-electron chi connectivity index (χ4n) is 2.40. The number of hydrogen-bond donors (Lipinski definition) is 2. The fraction of sp³-hybridized carbons (Fsp3) is 0.571. The summed E-state index contributed by atoms with van der Waals surface area (Å²) in [4.78, 5) is 10.6. The van der Waals surface area contributed by atoms with Crippen molar-refractivity contribution in [1.82, 2.24) is 10.6 Å². The van der Waals surface area contributed by atoms with Crippen molar-refractivity contribution in [3.8, 4) is 0 Å². The van der Waals surface area contributed by atoms with Gasteiger partial charge < -0.3 is 15.4 Å². The molecule has 0 aliphatic carbocycles. The SMILES string of the molecule is CC(CC1COCCN1)NCc1ccccc1[N+](=O)[O-]. The van der Waals surface area contributed by atoms with E-state index in [-0.39, 0.29) is 16.7 Å². The number of nitrogens with zero attached hydrogens (tertiary/aromatic N) is 1. The third-order valence-electron chi connectivity index (χ3n) is 3.47. The molecule has 0 amide bonds. The van der Waals surface area contributed by atoms with Crippen LogP contribution in [0.5, 0.6) is 0 Å². The summed E-state index contributed by atoms with van der Waals surface area (Å²) in [5, 5.41) is 17.7. The molecule has 1 heterocycles. The molecule has 2 unspecified atom stereocenters. The number of para-hydroxylation sites is 1. The largest absolute Gasteiger partial charge is 0.379 e. The van der Waals surface area contributed by atoms with Gasteiger partial charge in [0, 0.05) is 36.8 Å². The van der Waals surface area contributed by atoms with Gasteiger partial charge in [0.2, 0.25) is 0 Å². The van der Waals surface area contributed by atoms with Crippen molar-refractivity contribution in [3.63, 3.8) is 0 Å². The van der Waals surface area contributed by atoms with Crippen LogP contribution in [0.25, 0.3) is 0 Å². The van der Waals surface area contributed by atoms with Crippen LogP contribution in [0.2, 0.25) is 0 Å². The highest BCUT2D eigenvalue weighted by Crippen LogP contribution is 2.17. The molecule has 6 heteroatoms. The van der Waals surface area contributed by atoms with E-state index in [1.54, 1.807) is 12.1 Å². The average molecular weight is 279 g/mol. The van der Waals surface area contributed by atoms with E-state index in [4.69, 9.17) is 4.74 Å². The second kappa shape index (κ2) is 7.33.